The van der Waals surface area contributed by atoms with Crippen LogP contribution in [-0.4, -0.2) is 46.1 Å². The maximum Gasteiger partial charge on any atom is 0.160 e. The summed E-state index contributed by atoms with van der Waals surface area (Å²) in [5.74, 6) is 1.92. The zero-order valence-electron chi connectivity index (χ0n) is 12.6. The Morgan fingerprint density at radius 1 is 1.38 bits per heavy atom. The minimum Gasteiger partial charge on any atom is -0.316 e. The molecule has 2 saturated heterocycles. The normalized spacial score (nSPS) is 26.9. The molecule has 2 aliphatic rings. The van der Waals surface area contributed by atoms with Crippen molar-refractivity contribution >= 4 is 11.2 Å². The number of pyridine rings is 1. The second-order valence-corrected chi connectivity index (χ2v) is 6.42. The highest BCUT2D eigenvalue weighted by Gasteiger charge is 2.29. The van der Waals surface area contributed by atoms with Crippen LogP contribution in [0.2, 0.25) is 0 Å². The smallest absolute Gasteiger partial charge is 0.160 e. The molecule has 2 aromatic heterocycles. The molecule has 0 amide bonds. The first-order valence-electron chi connectivity index (χ1n) is 8.05. The van der Waals surface area contributed by atoms with E-state index in [1.807, 2.05) is 12.3 Å². The SMILES string of the molecule is CN1CCCC1c1nc2cccnc2n1CC1CCNC1. The molecule has 2 unspecified atom stereocenters. The number of hydrogen-bond acceptors (Lipinski definition) is 4. The fourth-order valence-corrected chi connectivity index (χ4v) is 3.78. The second-order valence-electron chi connectivity index (χ2n) is 6.42. The number of imidazole rings is 1. The molecule has 112 valence electrons. The Hall–Kier alpha value is -1.46. The highest BCUT2D eigenvalue weighted by Crippen LogP contribution is 2.32. The average Bonchev–Trinajstić information content (AvgIpc) is 3.20. The zero-order valence-corrected chi connectivity index (χ0v) is 12.6. The van der Waals surface area contributed by atoms with Crippen molar-refractivity contribution in [2.24, 2.45) is 5.92 Å². The summed E-state index contributed by atoms with van der Waals surface area (Å²) < 4.78 is 2.39. The van der Waals surface area contributed by atoms with Gasteiger partial charge in [-0.15, -0.1) is 0 Å². The van der Waals surface area contributed by atoms with Gasteiger partial charge in [0.25, 0.3) is 0 Å². The van der Waals surface area contributed by atoms with E-state index in [-0.39, 0.29) is 0 Å². The van der Waals surface area contributed by atoms with Crippen LogP contribution in [0.1, 0.15) is 31.1 Å². The zero-order chi connectivity index (χ0) is 14.2. The monoisotopic (exact) mass is 285 g/mol. The topological polar surface area (TPSA) is 46.0 Å². The summed E-state index contributed by atoms with van der Waals surface area (Å²) in [6.45, 7) is 4.47. The van der Waals surface area contributed by atoms with Gasteiger partial charge >= 0.3 is 0 Å². The third-order valence-corrected chi connectivity index (χ3v) is 4.95. The Morgan fingerprint density at radius 2 is 2.33 bits per heavy atom. The quantitative estimate of drug-likeness (QED) is 0.934. The molecule has 4 heterocycles. The summed E-state index contributed by atoms with van der Waals surface area (Å²) in [4.78, 5) is 12.0. The van der Waals surface area contributed by atoms with Gasteiger partial charge in [-0.1, -0.05) is 0 Å². The first-order chi connectivity index (χ1) is 10.3. The lowest BCUT2D eigenvalue weighted by atomic mass is 10.1. The highest BCUT2D eigenvalue weighted by atomic mass is 15.2. The summed E-state index contributed by atoms with van der Waals surface area (Å²) in [7, 11) is 2.21. The van der Waals surface area contributed by atoms with Crippen molar-refractivity contribution in [2.45, 2.75) is 31.8 Å². The largest absolute Gasteiger partial charge is 0.316 e. The minimum absolute atomic E-state index is 0.452. The summed E-state index contributed by atoms with van der Waals surface area (Å²) in [6.07, 6.45) is 5.62. The Morgan fingerprint density at radius 3 is 3.10 bits per heavy atom. The molecule has 1 N–H and O–H groups in total. The molecule has 0 spiro atoms. The number of rotatable bonds is 3. The molecule has 2 atom stereocenters. The van der Waals surface area contributed by atoms with Gasteiger partial charge in [-0.25, -0.2) is 9.97 Å². The van der Waals surface area contributed by atoms with E-state index in [4.69, 9.17) is 4.98 Å². The molecule has 5 heteroatoms. The van der Waals surface area contributed by atoms with Crippen LogP contribution in [0, 0.1) is 5.92 Å². The second kappa shape index (κ2) is 5.39. The Kier molecular flexibility index (Phi) is 3.39. The molecule has 21 heavy (non-hydrogen) atoms. The van der Waals surface area contributed by atoms with E-state index in [0.717, 1.165) is 30.8 Å². The fourth-order valence-electron chi connectivity index (χ4n) is 3.78. The molecular weight excluding hydrogens is 262 g/mol. The lowest BCUT2D eigenvalue weighted by Gasteiger charge is -2.21. The van der Waals surface area contributed by atoms with Gasteiger partial charge in [0.2, 0.25) is 0 Å². The third-order valence-electron chi connectivity index (χ3n) is 4.95. The van der Waals surface area contributed by atoms with E-state index in [2.05, 4.69) is 32.9 Å². The summed E-state index contributed by atoms with van der Waals surface area (Å²) in [5.41, 5.74) is 2.10. The van der Waals surface area contributed by atoms with Crippen molar-refractivity contribution < 1.29 is 0 Å². The van der Waals surface area contributed by atoms with Gasteiger partial charge in [0, 0.05) is 12.7 Å². The van der Waals surface area contributed by atoms with Crippen molar-refractivity contribution in [1.82, 2.24) is 24.8 Å². The van der Waals surface area contributed by atoms with Gasteiger partial charge in [-0.05, 0) is 64.0 Å². The van der Waals surface area contributed by atoms with Crippen molar-refractivity contribution in [1.29, 1.82) is 0 Å². The summed E-state index contributed by atoms with van der Waals surface area (Å²) in [6, 6.07) is 4.52. The highest BCUT2D eigenvalue weighted by molar-refractivity contribution is 5.71. The predicted molar refractivity (Wildman–Crippen MR) is 83.1 cm³/mol. The molecule has 2 fully saturated rings. The molecule has 0 saturated carbocycles. The van der Waals surface area contributed by atoms with E-state index in [1.54, 1.807) is 0 Å². The third kappa shape index (κ3) is 2.34. The molecule has 0 aromatic carbocycles. The summed E-state index contributed by atoms with van der Waals surface area (Å²) >= 11 is 0. The van der Waals surface area contributed by atoms with Crippen LogP contribution in [0.5, 0.6) is 0 Å². The Balaban J connectivity index is 1.76. The van der Waals surface area contributed by atoms with Crippen LogP contribution >= 0.6 is 0 Å². The molecule has 0 aliphatic carbocycles. The van der Waals surface area contributed by atoms with Crippen molar-refractivity contribution in [2.75, 3.05) is 26.7 Å². The van der Waals surface area contributed by atoms with Crippen molar-refractivity contribution in [3.05, 3.63) is 24.2 Å². The number of nitrogens with zero attached hydrogens (tertiary/aromatic N) is 4. The van der Waals surface area contributed by atoms with Crippen molar-refractivity contribution in [3.63, 3.8) is 0 Å². The Bertz CT molecular complexity index is 629. The van der Waals surface area contributed by atoms with Gasteiger partial charge in [-0.3, -0.25) is 4.90 Å². The number of hydrogen-bond donors (Lipinski definition) is 1. The van der Waals surface area contributed by atoms with E-state index in [0.29, 0.717) is 12.0 Å². The molecule has 0 radical (unpaired) electrons. The molecular formula is C16H23N5. The number of nitrogens with one attached hydrogen (secondary N) is 1. The van der Waals surface area contributed by atoms with Crippen LogP contribution in [-0.2, 0) is 6.54 Å². The first-order valence-corrected chi connectivity index (χ1v) is 8.05. The predicted octanol–water partition coefficient (Wildman–Crippen LogP) is 1.81. The maximum atomic E-state index is 4.93. The van der Waals surface area contributed by atoms with E-state index in [9.17, 15) is 0 Å². The lowest BCUT2D eigenvalue weighted by molar-refractivity contribution is 0.294. The fraction of sp³-hybridized carbons (Fsp3) is 0.625. The number of fused-ring (bicyclic) bond motifs is 1. The molecule has 4 rings (SSSR count). The van der Waals surface area contributed by atoms with Crippen LogP contribution in [0.4, 0.5) is 0 Å². The Labute approximate surface area is 125 Å². The standard InChI is InChI=1S/C16H23N5/c1-20-9-3-5-14(20)16-19-13-4-2-7-18-15(13)21(16)11-12-6-8-17-10-12/h2,4,7,12,14,17H,3,5-6,8-11H2,1H3. The summed E-state index contributed by atoms with van der Waals surface area (Å²) in [5, 5.41) is 3.47. The van der Waals surface area contributed by atoms with Crippen LogP contribution in [0.3, 0.4) is 0 Å². The van der Waals surface area contributed by atoms with Crippen LogP contribution < -0.4 is 5.32 Å². The van der Waals surface area contributed by atoms with Gasteiger partial charge in [0.05, 0.1) is 6.04 Å². The van der Waals surface area contributed by atoms with Crippen LogP contribution in [0.15, 0.2) is 18.3 Å². The average molecular weight is 285 g/mol. The maximum absolute atomic E-state index is 4.93. The first kappa shape index (κ1) is 13.2. The van der Waals surface area contributed by atoms with Crippen molar-refractivity contribution in [3.8, 4) is 0 Å². The van der Waals surface area contributed by atoms with E-state index in [1.165, 1.54) is 31.6 Å². The molecule has 2 aliphatic heterocycles. The number of likely N-dealkylation sites (tertiary alicyclic amines) is 1. The number of aromatic nitrogens is 3. The van der Waals surface area contributed by atoms with Gasteiger partial charge < -0.3 is 9.88 Å². The van der Waals surface area contributed by atoms with E-state index >= 15 is 0 Å². The molecule has 2 aromatic rings. The van der Waals surface area contributed by atoms with Crippen LogP contribution in [0.25, 0.3) is 11.2 Å². The van der Waals surface area contributed by atoms with E-state index < -0.39 is 0 Å². The minimum atomic E-state index is 0.452. The van der Waals surface area contributed by atoms with Gasteiger partial charge in [0.1, 0.15) is 11.3 Å². The lowest BCUT2D eigenvalue weighted by Crippen LogP contribution is -2.23. The van der Waals surface area contributed by atoms with Gasteiger partial charge in [0.15, 0.2) is 5.65 Å². The molecule has 0 bridgehead atoms. The van der Waals surface area contributed by atoms with Gasteiger partial charge in [-0.2, -0.15) is 0 Å². The molecule has 5 nitrogen and oxygen atoms in total.